The molecule has 20 heavy (non-hydrogen) atoms. The van der Waals surface area contributed by atoms with E-state index in [0.29, 0.717) is 17.6 Å². The maximum Gasteiger partial charge on any atom is 0.343 e. The standard InChI is InChI=1S/C14H12Cl2O4/c1-3-7-4-8-5-9(20-6-10(17)19-2)12(15)13(16)11(8)14(7)18/h3,5H,4,6H2,1-2H3/b7-3+. The molecule has 0 N–H and O–H groups in total. The van der Waals surface area contributed by atoms with Crippen LogP contribution in [0.15, 0.2) is 17.7 Å². The fourth-order valence-corrected chi connectivity index (χ4v) is 2.52. The number of allylic oxidation sites excluding steroid dienone is 2. The van der Waals surface area contributed by atoms with Crippen LogP contribution in [0, 0.1) is 0 Å². The average molecular weight is 315 g/mol. The molecule has 0 saturated carbocycles. The summed E-state index contributed by atoms with van der Waals surface area (Å²) in [7, 11) is 1.26. The zero-order chi connectivity index (χ0) is 14.9. The third-order valence-electron chi connectivity index (χ3n) is 3.08. The van der Waals surface area contributed by atoms with Gasteiger partial charge in [0, 0.05) is 17.6 Å². The number of halogens is 2. The quantitative estimate of drug-likeness (QED) is 0.635. The molecule has 0 bridgehead atoms. The highest BCUT2D eigenvalue weighted by atomic mass is 35.5. The Kier molecular flexibility index (Phi) is 4.35. The molecule has 106 valence electrons. The maximum absolute atomic E-state index is 12.1. The molecule has 0 amide bonds. The lowest BCUT2D eigenvalue weighted by Crippen LogP contribution is -2.13. The third kappa shape index (κ3) is 2.53. The van der Waals surface area contributed by atoms with Gasteiger partial charge in [-0.3, -0.25) is 4.79 Å². The summed E-state index contributed by atoms with van der Waals surface area (Å²) >= 11 is 12.2. The summed E-state index contributed by atoms with van der Waals surface area (Å²) in [6, 6.07) is 1.64. The number of Topliss-reactive ketones (excluding diaryl/α,β-unsaturated/α-hetero) is 1. The van der Waals surface area contributed by atoms with Crippen LogP contribution in [-0.2, 0) is 16.0 Å². The number of esters is 1. The maximum atomic E-state index is 12.1. The van der Waals surface area contributed by atoms with Crippen molar-refractivity contribution < 1.29 is 19.1 Å². The van der Waals surface area contributed by atoms with Gasteiger partial charge in [-0.05, 0) is 18.6 Å². The molecule has 6 heteroatoms. The lowest BCUT2D eigenvalue weighted by Gasteiger charge is -2.10. The summed E-state index contributed by atoms with van der Waals surface area (Å²) in [5.74, 6) is -0.372. The molecule has 1 aromatic rings. The van der Waals surface area contributed by atoms with Crippen LogP contribution < -0.4 is 4.74 Å². The van der Waals surface area contributed by atoms with E-state index < -0.39 is 5.97 Å². The molecule has 1 aliphatic rings. The monoisotopic (exact) mass is 314 g/mol. The number of ketones is 1. The van der Waals surface area contributed by atoms with Crippen LogP contribution in [0.25, 0.3) is 0 Å². The van der Waals surface area contributed by atoms with E-state index in [1.807, 2.05) is 0 Å². The minimum Gasteiger partial charge on any atom is -0.480 e. The van der Waals surface area contributed by atoms with E-state index >= 15 is 0 Å². The molecule has 0 atom stereocenters. The molecule has 0 spiro atoms. The largest absolute Gasteiger partial charge is 0.480 e. The van der Waals surface area contributed by atoms with Crippen molar-refractivity contribution in [3.8, 4) is 5.75 Å². The number of carbonyl (C=O) groups excluding carboxylic acids is 2. The zero-order valence-corrected chi connectivity index (χ0v) is 12.5. The van der Waals surface area contributed by atoms with E-state index in [2.05, 4.69) is 4.74 Å². The van der Waals surface area contributed by atoms with Crippen molar-refractivity contribution in [3.63, 3.8) is 0 Å². The van der Waals surface area contributed by atoms with Gasteiger partial charge in [0.25, 0.3) is 0 Å². The highest BCUT2D eigenvalue weighted by Gasteiger charge is 2.30. The van der Waals surface area contributed by atoms with Gasteiger partial charge in [0.1, 0.15) is 10.8 Å². The number of benzene rings is 1. The van der Waals surface area contributed by atoms with Crippen molar-refractivity contribution in [2.45, 2.75) is 13.3 Å². The molecule has 0 saturated heterocycles. The molecule has 4 nitrogen and oxygen atoms in total. The van der Waals surface area contributed by atoms with Crippen LogP contribution in [0.2, 0.25) is 10.0 Å². The summed E-state index contributed by atoms with van der Waals surface area (Å²) < 4.78 is 9.76. The van der Waals surface area contributed by atoms with Crippen LogP contribution in [0.3, 0.4) is 0 Å². The molecule has 1 aromatic carbocycles. The molecule has 0 aliphatic heterocycles. The van der Waals surface area contributed by atoms with Crippen molar-refractivity contribution in [2.24, 2.45) is 0 Å². The Morgan fingerprint density at radius 3 is 2.70 bits per heavy atom. The molecule has 1 aliphatic carbocycles. The van der Waals surface area contributed by atoms with Gasteiger partial charge < -0.3 is 9.47 Å². The minimum atomic E-state index is -0.525. The van der Waals surface area contributed by atoms with Gasteiger partial charge in [-0.25, -0.2) is 4.79 Å². The smallest absolute Gasteiger partial charge is 0.343 e. The van der Waals surface area contributed by atoms with Gasteiger partial charge in [-0.1, -0.05) is 29.3 Å². The lowest BCUT2D eigenvalue weighted by molar-refractivity contribution is -0.142. The topological polar surface area (TPSA) is 52.6 Å². The number of methoxy groups -OCH3 is 1. The summed E-state index contributed by atoms with van der Waals surface area (Å²) in [5.41, 5.74) is 1.83. The van der Waals surface area contributed by atoms with Crippen molar-refractivity contribution >= 4 is 35.0 Å². The minimum absolute atomic E-state index is 0.117. The Bertz CT molecular complexity index is 620. The van der Waals surface area contributed by atoms with E-state index in [1.165, 1.54) is 7.11 Å². The van der Waals surface area contributed by atoms with Gasteiger partial charge in [-0.15, -0.1) is 0 Å². The Balaban J connectivity index is 2.38. The van der Waals surface area contributed by atoms with Crippen LogP contribution in [0.1, 0.15) is 22.8 Å². The molecule has 0 aromatic heterocycles. The first-order chi connectivity index (χ1) is 9.49. The molecule has 0 radical (unpaired) electrons. The zero-order valence-electron chi connectivity index (χ0n) is 11.0. The number of hydrogen-bond donors (Lipinski definition) is 0. The van der Waals surface area contributed by atoms with Crippen molar-refractivity contribution in [1.29, 1.82) is 0 Å². The SMILES string of the molecule is C/C=C1\Cc2cc(OCC(=O)OC)c(Cl)c(Cl)c2C1=O. The summed E-state index contributed by atoms with van der Waals surface area (Å²) in [6.07, 6.45) is 2.23. The Labute approximate surface area is 126 Å². The predicted octanol–water partition coefficient (Wildman–Crippen LogP) is 3.23. The van der Waals surface area contributed by atoms with Crippen LogP contribution in [0.4, 0.5) is 0 Å². The fraction of sp³-hybridized carbons (Fsp3) is 0.286. The second-order valence-corrected chi connectivity index (χ2v) is 4.98. The van der Waals surface area contributed by atoms with E-state index in [9.17, 15) is 9.59 Å². The van der Waals surface area contributed by atoms with Crippen LogP contribution >= 0.6 is 23.2 Å². The van der Waals surface area contributed by atoms with Crippen LogP contribution in [-0.4, -0.2) is 25.5 Å². The molecule has 0 fully saturated rings. The predicted molar refractivity (Wildman–Crippen MR) is 75.8 cm³/mol. The Morgan fingerprint density at radius 2 is 2.10 bits per heavy atom. The van der Waals surface area contributed by atoms with Crippen molar-refractivity contribution in [3.05, 3.63) is 38.9 Å². The van der Waals surface area contributed by atoms with Gasteiger partial charge in [-0.2, -0.15) is 0 Å². The second kappa shape index (κ2) is 5.85. The number of hydrogen-bond acceptors (Lipinski definition) is 4. The number of ether oxygens (including phenoxy) is 2. The normalized spacial score (nSPS) is 15.4. The summed E-state index contributed by atoms with van der Waals surface area (Å²) in [6.45, 7) is 1.53. The Morgan fingerprint density at radius 1 is 1.40 bits per heavy atom. The highest BCUT2D eigenvalue weighted by Crippen LogP contribution is 2.42. The van der Waals surface area contributed by atoms with Gasteiger partial charge >= 0.3 is 5.97 Å². The van der Waals surface area contributed by atoms with E-state index in [-0.39, 0.29) is 28.2 Å². The lowest BCUT2D eigenvalue weighted by atomic mass is 10.1. The molecule has 2 rings (SSSR count). The number of carbonyl (C=O) groups is 2. The van der Waals surface area contributed by atoms with E-state index in [0.717, 1.165) is 5.56 Å². The summed E-state index contributed by atoms with van der Waals surface area (Å²) in [4.78, 5) is 23.2. The van der Waals surface area contributed by atoms with Gasteiger partial charge in [0.15, 0.2) is 12.4 Å². The average Bonchev–Trinajstić information content (AvgIpc) is 2.77. The molecule has 0 heterocycles. The third-order valence-corrected chi connectivity index (χ3v) is 3.93. The number of fused-ring (bicyclic) bond motifs is 1. The van der Waals surface area contributed by atoms with Gasteiger partial charge in [0.2, 0.25) is 0 Å². The van der Waals surface area contributed by atoms with Crippen LogP contribution in [0.5, 0.6) is 5.75 Å². The molecule has 0 unspecified atom stereocenters. The first-order valence-corrected chi connectivity index (χ1v) is 6.65. The molecular weight excluding hydrogens is 303 g/mol. The first kappa shape index (κ1) is 14.9. The fourth-order valence-electron chi connectivity index (χ4n) is 2.02. The summed E-state index contributed by atoms with van der Waals surface area (Å²) in [5, 5.41) is 0.283. The Hall–Kier alpha value is -1.52. The first-order valence-electron chi connectivity index (χ1n) is 5.90. The number of rotatable bonds is 3. The van der Waals surface area contributed by atoms with Crippen molar-refractivity contribution in [2.75, 3.05) is 13.7 Å². The van der Waals surface area contributed by atoms with Crippen molar-refractivity contribution in [1.82, 2.24) is 0 Å². The van der Waals surface area contributed by atoms with Gasteiger partial charge in [0.05, 0.1) is 12.1 Å². The van der Waals surface area contributed by atoms with E-state index in [4.69, 9.17) is 27.9 Å². The van der Waals surface area contributed by atoms with E-state index in [1.54, 1.807) is 19.1 Å². The second-order valence-electron chi connectivity index (χ2n) is 4.22. The molecular formula is C14H12Cl2O4. The highest BCUT2D eigenvalue weighted by molar-refractivity contribution is 6.45.